The first-order valence-electron chi connectivity index (χ1n) is 24.7. The Labute approximate surface area is 411 Å². The van der Waals surface area contributed by atoms with E-state index >= 15 is 0 Å². The van der Waals surface area contributed by atoms with E-state index in [1.165, 1.54) is 82.2 Å². The molecule has 70 heavy (non-hydrogen) atoms. The SMILES string of the molecule is C=Cc1ccccc1C=CN(C1=CC=CC2C=CC=CC12)c1ccc2c(C3=CC=C(C)CC3)c3cc(N(c4ccc5ccccc5c4)c4cccc5ccccc45)ccc3c(-c3ccc(C)cc3)c2c1. The minimum Gasteiger partial charge on any atom is -0.320 e. The lowest BCUT2D eigenvalue weighted by molar-refractivity contribution is 0.612. The molecule has 2 heteroatoms. The van der Waals surface area contributed by atoms with E-state index < -0.39 is 0 Å². The van der Waals surface area contributed by atoms with Crippen molar-refractivity contribution in [1.29, 1.82) is 0 Å². The molecule has 0 spiro atoms. The van der Waals surface area contributed by atoms with Crippen molar-refractivity contribution in [2.45, 2.75) is 26.7 Å². The third kappa shape index (κ3) is 7.82. The van der Waals surface area contributed by atoms with Crippen molar-refractivity contribution in [2.75, 3.05) is 9.80 Å². The molecule has 9 aromatic rings. The number of hydrogen-bond acceptors (Lipinski definition) is 2. The van der Waals surface area contributed by atoms with Crippen molar-refractivity contribution in [3.05, 3.63) is 271 Å². The molecule has 12 rings (SSSR count). The highest BCUT2D eigenvalue weighted by Crippen LogP contribution is 2.49. The molecule has 0 saturated heterocycles. The molecule has 0 aliphatic heterocycles. The Kier molecular flexibility index (Phi) is 11.2. The summed E-state index contributed by atoms with van der Waals surface area (Å²) in [5.74, 6) is 0.481. The quantitative estimate of drug-likeness (QED) is 0.126. The van der Waals surface area contributed by atoms with Crippen molar-refractivity contribution in [3.63, 3.8) is 0 Å². The minimum absolute atomic E-state index is 0.196. The fourth-order valence-electron chi connectivity index (χ4n) is 11.0. The number of aryl methyl sites for hydroxylation is 1. The predicted octanol–water partition coefficient (Wildman–Crippen LogP) is 18.8. The van der Waals surface area contributed by atoms with Gasteiger partial charge in [0.25, 0.3) is 0 Å². The highest BCUT2D eigenvalue weighted by molar-refractivity contribution is 6.20. The molecule has 9 aromatic carbocycles. The second-order valence-electron chi connectivity index (χ2n) is 19.0. The van der Waals surface area contributed by atoms with Gasteiger partial charge in [-0.15, -0.1) is 0 Å². The summed E-state index contributed by atoms with van der Waals surface area (Å²) in [5, 5.41) is 9.83. The molecule has 336 valence electrons. The van der Waals surface area contributed by atoms with Crippen LogP contribution in [0, 0.1) is 18.8 Å². The molecule has 0 aromatic heterocycles. The van der Waals surface area contributed by atoms with Crippen LogP contribution >= 0.6 is 0 Å². The van der Waals surface area contributed by atoms with Crippen LogP contribution in [0.5, 0.6) is 0 Å². The highest BCUT2D eigenvalue weighted by atomic mass is 15.1. The minimum atomic E-state index is 0.196. The monoisotopic (exact) mass is 898 g/mol. The van der Waals surface area contributed by atoms with Gasteiger partial charge in [0.2, 0.25) is 0 Å². The zero-order valence-electron chi connectivity index (χ0n) is 39.8. The topological polar surface area (TPSA) is 6.48 Å². The molecule has 0 heterocycles. The van der Waals surface area contributed by atoms with E-state index in [1.807, 2.05) is 6.08 Å². The zero-order chi connectivity index (χ0) is 47.1. The molecular formula is C68H54N2. The van der Waals surface area contributed by atoms with E-state index in [4.69, 9.17) is 0 Å². The first-order valence-corrected chi connectivity index (χ1v) is 24.7. The summed E-state index contributed by atoms with van der Waals surface area (Å²) >= 11 is 0. The maximum absolute atomic E-state index is 4.15. The van der Waals surface area contributed by atoms with E-state index in [9.17, 15) is 0 Å². The Bertz CT molecular complexity index is 3770. The molecule has 0 amide bonds. The molecule has 0 bridgehead atoms. The summed E-state index contributed by atoms with van der Waals surface area (Å²) in [6, 6.07) is 63.1. The van der Waals surface area contributed by atoms with Crippen LogP contribution in [0.2, 0.25) is 0 Å². The molecule has 0 fully saturated rings. The molecule has 0 saturated carbocycles. The summed E-state index contributed by atoms with van der Waals surface area (Å²) in [6.07, 6.45) is 29.1. The first-order chi connectivity index (χ1) is 34.5. The van der Waals surface area contributed by atoms with Gasteiger partial charge in [-0.3, -0.25) is 0 Å². The van der Waals surface area contributed by atoms with E-state index in [1.54, 1.807) is 0 Å². The maximum atomic E-state index is 4.15. The van der Waals surface area contributed by atoms with Crippen LogP contribution in [-0.2, 0) is 0 Å². The molecule has 3 aliphatic rings. The fourth-order valence-corrected chi connectivity index (χ4v) is 11.0. The molecule has 2 unspecified atom stereocenters. The molecule has 2 nitrogen and oxygen atoms in total. The van der Waals surface area contributed by atoms with Gasteiger partial charge in [-0.1, -0.05) is 200 Å². The van der Waals surface area contributed by atoms with Gasteiger partial charge < -0.3 is 9.80 Å². The van der Waals surface area contributed by atoms with E-state index in [0.29, 0.717) is 0 Å². The van der Waals surface area contributed by atoms with Crippen molar-refractivity contribution in [3.8, 4) is 11.1 Å². The van der Waals surface area contributed by atoms with Gasteiger partial charge in [-0.25, -0.2) is 0 Å². The third-order valence-corrected chi connectivity index (χ3v) is 14.7. The second-order valence-corrected chi connectivity index (χ2v) is 19.0. The Morgan fingerprint density at radius 3 is 2.00 bits per heavy atom. The second kappa shape index (κ2) is 18.2. The number of benzene rings is 9. The third-order valence-electron chi connectivity index (χ3n) is 14.7. The standard InChI is InChI=1S/C68H54N2/c1-4-48-15-5-6-17-50(48)41-42-69(65-25-13-21-51-18-9-11-23-59(51)65)56-37-39-61-63(44-56)67(53-31-27-46(2)28-32-53)62-40-38-58(45-64(62)68(61)54-33-29-47(3)30-34-54)70(57-36-35-49-16-7-8-20-55(49)43-57)66-26-14-22-52-19-10-12-24-60(52)66/h4-29,31-33,35-45,51,59H,1,30,34H2,2-3H3. The van der Waals surface area contributed by atoms with Crippen molar-refractivity contribution >= 4 is 83.6 Å². The van der Waals surface area contributed by atoms with Crippen LogP contribution < -0.4 is 9.80 Å². The lowest BCUT2D eigenvalue weighted by Gasteiger charge is -2.34. The number of hydrogen-bond donors (Lipinski definition) is 0. The average molecular weight is 899 g/mol. The van der Waals surface area contributed by atoms with E-state index in [2.05, 4.69) is 267 Å². The molecule has 2 atom stereocenters. The smallest absolute Gasteiger partial charge is 0.0540 e. The average Bonchev–Trinajstić information content (AvgIpc) is 3.41. The largest absolute Gasteiger partial charge is 0.320 e. The Hall–Kier alpha value is -8.46. The Morgan fingerprint density at radius 1 is 0.500 bits per heavy atom. The molecule has 3 aliphatic carbocycles. The zero-order valence-corrected chi connectivity index (χ0v) is 39.8. The van der Waals surface area contributed by atoms with Crippen LogP contribution in [0.15, 0.2) is 249 Å². The van der Waals surface area contributed by atoms with Crippen molar-refractivity contribution in [2.24, 2.45) is 11.8 Å². The van der Waals surface area contributed by atoms with E-state index in [0.717, 1.165) is 46.7 Å². The molecule has 0 radical (unpaired) electrons. The molecular weight excluding hydrogens is 845 g/mol. The Balaban J connectivity index is 1.14. The molecule has 0 N–H and O–H groups in total. The van der Waals surface area contributed by atoms with Gasteiger partial charge in [0.05, 0.1) is 5.69 Å². The summed E-state index contributed by atoms with van der Waals surface area (Å²) in [6.45, 7) is 8.58. The predicted molar refractivity (Wildman–Crippen MR) is 303 cm³/mol. The van der Waals surface area contributed by atoms with Crippen molar-refractivity contribution < 1.29 is 0 Å². The maximum Gasteiger partial charge on any atom is 0.0540 e. The van der Waals surface area contributed by atoms with Gasteiger partial charge in [-0.2, -0.15) is 0 Å². The van der Waals surface area contributed by atoms with Crippen LogP contribution in [0.3, 0.4) is 0 Å². The Morgan fingerprint density at radius 2 is 1.17 bits per heavy atom. The number of allylic oxidation sites excluding steroid dienone is 11. The van der Waals surface area contributed by atoms with Gasteiger partial charge >= 0.3 is 0 Å². The van der Waals surface area contributed by atoms with Crippen LogP contribution in [0.4, 0.5) is 22.7 Å². The summed E-state index contributed by atoms with van der Waals surface area (Å²) in [4.78, 5) is 4.90. The van der Waals surface area contributed by atoms with Gasteiger partial charge in [-0.05, 0) is 152 Å². The van der Waals surface area contributed by atoms with Gasteiger partial charge in [0.1, 0.15) is 0 Å². The fraction of sp³-hybridized carbons (Fsp3) is 0.0882. The summed E-state index contributed by atoms with van der Waals surface area (Å²) in [7, 11) is 0. The normalized spacial score (nSPS) is 16.4. The van der Waals surface area contributed by atoms with Crippen LogP contribution in [-0.4, -0.2) is 0 Å². The number of anilines is 4. The number of nitrogens with zero attached hydrogens (tertiary/aromatic N) is 2. The summed E-state index contributed by atoms with van der Waals surface area (Å²) in [5.41, 5.74) is 15.7. The van der Waals surface area contributed by atoms with Gasteiger partial charge in [0, 0.05) is 46.2 Å². The van der Waals surface area contributed by atoms with Gasteiger partial charge in [0.15, 0.2) is 0 Å². The number of rotatable bonds is 10. The van der Waals surface area contributed by atoms with Crippen LogP contribution in [0.25, 0.3) is 71.9 Å². The number of fused-ring (bicyclic) bond motifs is 5. The summed E-state index contributed by atoms with van der Waals surface area (Å²) < 4.78 is 0. The van der Waals surface area contributed by atoms with E-state index in [-0.39, 0.29) is 11.8 Å². The van der Waals surface area contributed by atoms with Crippen molar-refractivity contribution in [1.82, 2.24) is 0 Å². The highest BCUT2D eigenvalue weighted by Gasteiger charge is 2.28. The lowest BCUT2D eigenvalue weighted by atomic mass is 9.81. The first kappa shape index (κ1) is 42.9. The van der Waals surface area contributed by atoms with Crippen LogP contribution in [0.1, 0.15) is 42.0 Å². The lowest BCUT2D eigenvalue weighted by Crippen LogP contribution is -2.27.